The van der Waals surface area contributed by atoms with E-state index in [-0.39, 0.29) is 29.7 Å². The van der Waals surface area contributed by atoms with Crippen LogP contribution in [0.4, 0.5) is 17.6 Å². The number of rotatable bonds is 7. The molecular formula is C19H18F4N2O4S2. The lowest BCUT2D eigenvalue weighted by atomic mass is 10.0. The summed E-state index contributed by atoms with van der Waals surface area (Å²) in [5, 5.41) is 2.78. The van der Waals surface area contributed by atoms with Crippen molar-refractivity contribution in [3.63, 3.8) is 0 Å². The highest BCUT2D eigenvalue weighted by atomic mass is 32.2. The molecule has 0 saturated carbocycles. The van der Waals surface area contributed by atoms with Gasteiger partial charge in [-0.1, -0.05) is 12.1 Å². The fourth-order valence-corrected chi connectivity index (χ4v) is 5.18. The molecule has 0 radical (unpaired) electrons. The van der Waals surface area contributed by atoms with Crippen molar-refractivity contribution < 1.29 is 35.5 Å². The van der Waals surface area contributed by atoms with Gasteiger partial charge in [0.05, 0.1) is 10.9 Å². The van der Waals surface area contributed by atoms with E-state index in [2.05, 4.69) is 14.8 Å². The van der Waals surface area contributed by atoms with Crippen molar-refractivity contribution in [1.29, 1.82) is 0 Å². The molecule has 2 aromatic rings. The minimum Gasteiger partial charge on any atom is -0.406 e. The molecule has 12 heteroatoms. The maximum atomic E-state index is 13.9. The summed E-state index contributed by atoms with van der Waals surface area (Å²) in [6.45, 7) is -0.216. The van der Waals surface area contributed by atoms with E-state index in [0.717, 1.165) is 24.3 Å². The van der Waals surface area contributed by atoms with Crippen molar-refractivity contribution in [2.75, 3.05) is 12.3 Å². The second-order valence-electron chi connectivity index (χ2n) is 6.58. The largest absolute Gasteiger partial charge is 0.573 e. The number of thioether (sulfide) groups is 1. The second-order valence-corrected chi connectivity index (χ2v) is 9.45. The van der Waals surface area contributed by atoms with Gasteiger partial charge in [0.1, 0.15) is 11.6 Å². The molecule has 3 rings (SSSR count). The number of ether oxygens (including phenoxy) is 1. The molecule has 2 aromatic carbocycles. The fraction of sp³-hybridized carbons (Fsp3) is 0.316. The van der Waals surface area contributed by atoms with E-state index in [0.29, 0.717) is 22.6 Å². The van der Waals surface area contributed by atoms with Crippen molar-refractivity contribution in [3.05, 3.63) is 53.8 Å². The van der Waals surface area contributed by atoms with Gasteiger partial charge in [0, 0.05) is 23.6 Å². The molecule has 1 unspecified atom stereocenters. The van der Waals surface area contributed by atoms with Gasteiger partial charge in [-0.3, -0.25) is 4.79 Å². The Bertz CT molecular complexity index is 1040. The SMILES string of the molecule is O=C(CCNS(=O)(=O)c1ccc(OC(F)(F)F)cc1)NC1CCSc2c(F)cccc21. The maximum Gasteiger partial charge on any atom is 0.573 e. The normalized spacial score (nSPS) is 16.5. The van der Waals surface area contributed by atoms with Crippen LogP contribution in [0, 0.1) is 5.82 Å². The van der Waals surface area contributed by atoms with E-state index in [4.69, 9.17) is 0 Å². The Hall–Kier alpha value is -2.31. The highest BCUT2D eigenvalue weighted by Gasteiger charge is 2.31. The summed E-state index contributed by atoms with van der Waals surface area (Å²) < 4.78 is 80.9. The van der Waals surface area contributed by atoms with Gasteiger partial charge in [-0.15, -0.1) is 24.9 Å². The third kappa shape index (κ3) is 6.34. The van der Waals surface area contributed by atoms with Gasteiger partial charge in [0.15, 0.2) is 0 Å². The summed E-state index contributed by atoms with van der Waals surface area (Å²) in [5.74, 6) is -0.669. The number of hydrogen-bond donors (Lipinski definition) is 2. The molecule has 6 nitrogen and oxygen atoms in total. The summed E-state index contributed by atoms with van der Waals surface area (Å²) in [6.07, 6.45) is -4.43. The summed E-state index contributed by atoms with van der Waals surface area (Å²) in [4.78, 5) is 12.5. The standard InChI is InChI=1S/C19H18F4N2O4S2/c20-15-3-1-2-14-16(9-11-30-18(14)15)25-17(26)8-10-24-31(27,28)13-6-4-12(5-7-13)29-19(21,22)23/h1-7,16,24H,8-11H2,(H,25,26). The zero-order chi connectivity index (χ0) is 22.6. The van der Waals surface area contributed by atoms with E-state index < -0.39 is 28.0 Å². The predicted octanol–water partition coefficient (Wildman–Crippen LogP) is 3.75. The Kier molecular flexibility index (Phi) is 7.12. The van der Waals surface area contributed by atoms with Gasteiger partial charge >= 0.3 is 6.36 Å². The zero-order valence-corrected chi connectivity index (χ0v) is 17.5. The number of hydrogen-bond acceptors (Lipinski definition) is 5. The Morgan fingerprint density at radius 3 is 2.55 bits per heavy atom. The summed E-state index contributed by atoms with van der Waals surface area (Å²) >= 11 is 1.38. The first-order valence-electron chi connectivity index (χ1n) is 9.11. The topological polar surface area (TPSA) is 84.5 Å². The van der Waals surface area contributed by atoms with Crippen LogP contribution in [0.5, 0.6) is 5.75 Å². The molecule has 31 heavy (non-hydrogen) atoms. The third-order valence-corrected chi connectivity index (χ3v) is 7.01. The summed E-state index contributed by atoms with van der Waals surface area (Å²) in [6, 6.07) is 7.99. The number of benzene rings is 2. The second kappa shape index (κ2) is 9.45. The summed E-state index contributed by atoms with van der Waals surface area (Å²) in [5.41, 5.74) is 0.686. The molecule has 1 amide bonds. The van der Waals surface area contributed by atoms with Crippen LogP contribution in [-0.2, 0) is 14.8 Å². The van der Waals surface area contributed by atoms with E-state index in [1.54, 1.807) is 12.1 Å². The Morgan fingerprint density at radius 2 is 1.87 bits per heavy atom. The average molecular weight is 478 g/mol. The molecule has 0 aliphatic carbocycles. The lowest BCUT2D eigenvalue weighted by Gasteiger charge is -2.26. The van der Waals surface area contributed by atoms with Gasteiger partial charge in [0.25, 0.3) is 0 Å². The molecule has 0 aromatic heterocycles. The van der Waals surface area contributed by atoms with Gasteiger partial charge in [0.2, 0.25) is 15.9 Å². The van der Waals surface area contributed by atoms with E-state index >= 15 is 0 Å². The van der Waals surface area contributed by atoms with Crippen LogP contribution in [0.2, 0.25) is 0 Å². The number of halogens is 4. The van der Waals surface area contributed by atoms with E-state index in [1.165, 1.54) is 17.8 Å². The molecule has 1 aliphatic heterocycles. The van der Waals surface area contributed by atoms with Crippen LogP contribution >= 0.6 is 11.8 Å². The summed E-state index contributed by atoms with van der Waals surface area (Å²) in [7, 11) is -4.02. The van der Waals surface area contributed by atoms with E-state index in [9.17, 15) is 30.8 Å². The Balaban J connectivity index is 1.53. The van der Waals surface area contributed by atoms with Crippen LogP contribution in [0.1, 0.15) is 24.4 Å². The van der Waals surface area contributed by atoms with Crippen LogP contribution in [0.25, 0.3) is 0 Å². The van der Waals surface area contributed by atoms with Gasteiger partial charge in [-0.05, 0) is 42.3 Å². The highest BCUT2D eigenvalue weighted by Crippen LogP contribution is 2.37. The number of carbonyl (C=O) groups excluding carboxylic acids is 1. The zero-order valence-electron chi connectivity index (χ0n) is 15.9. The first-order valence-corrected chi connectivity index (χ1v) is 11.6. The quantitative estimate of drug-likeness (QED) is 0.593. The van der Waals surface area contributed by atoms with Gasteiger partial charge in [-0.2, -0.15) is 0 Å². The average Bonchev–Trinajstić information content (AvgIpc) is 2.68. The van der Waals surface area contributed by atoms with Crippen LogP contribution in [-0.4, -0.2) is 33.0 Å². The number of amides is 1. The van der Waals surface area contributed by atoms with Crippen LogP contribution in [0.3, 0.4) is 0 Å². The fourth-order valence-electron chi connectivity index (χ4n) is 3.01. The molecule has 2 N–H and O–H groups in total. The molecule has 0 spiro atoms. The molecule has 1 heterocycles. The van der Waals surface area contributed by atoms with Crippen molar-refractivity contribution in [3.8, 4) is 5.75 Å². The molecule has 1 aliphatic rings. The molecule has 0 bridgehead atoms. The van der Waals surface area contributed by atoms with Crippen molar-refractivity contribution in [2.24, 2.45) is 0 Å². The number of alkyl halides is 3. The molecule has 0 fully saturated rings. The predicted molar refractivity (Wildman–Crippen MR) is 106 cm³/mol. The molecule has 0 saturated heterocycles. The molecule has 168 valence electrons. The minimum absolute atomic E-state index is 0.164. The maximum absolute atomic E-state index is 13.9. The Labute approximate surface area is 180 Å². The van der Waals surface area contributed by atoms with Gasteiger partial charge < -0.3 is 10.1 Å². The monoisotopic (exact) mass is 478 g/mol. The first-order chi connectivity index (χ1) is 14.5. The lowest BCUT2D eigenvalue weighted by Crippen LogP contribution is -2.34. The van der Waals surface area contributed by atoms with Crippen LogP contribution in [0.15, 0.2) is 52.3 Å². The van der Waals surface area contributed by atoms with Crippen molar-refractivity contribution in [1.82, 2.24) is 10.0 Å². The van der Waals surface area contributed by atoms with E-state index in [1.807, 2.05) is 0 Å². The first kappa shape index (κ1) is 23.4. The number of sulfonamides is 1. The minimum atomic E-state index is -4.88. The molecule has 1 atom stereocenters. The third-order valence-electron chi connectivity index (χ3n) is 4.37. The smallest absolute Gasteiger partial charge is 0.406 e. The molecular weight excluding hydrogens is 460 g/mol. The number of nitrogens with one attached hydrogen (secondary N) is 2. The number of fused-ring (bicyclic) bond motifs is 1. The lowest BCUT2D eigenvalue weighted by molar-refractivity contribution is -0.274. The Morgan fingerprint density at radius 1 is 1.16 bits per heavy atom. The van der Waals surface area contributed by atoms with Gasteiger partial charge in [-0.25, -0.2) is 17.5 Å². The van der Waals surface area contributed by atoms with Crippen molar-refractivity contribution in [2.45, 2.75) is 35.0 Å². The van der Waals surface area contributed by atoms with Crippen molar-refractivity contribution >= 4 is 27.7 Å². The highest BCUT2D eigenvalue weighted by molar-refractivity contribution is 7.99. The van der Waals surface area contributed by atoms with Crippen LogP contribution < -0.4 is 14.8 Å². The number of carbonyl (C=O) groups is 1.